The molecular weight excluding hydrogens is 383 g/mol. The lowest BCUT2D eigenvalue weighted by Crippen LogP contribution is -1.86. The van der Waals surface area contributed by atoms with E-state index in [4.69, 9.17) is 10.3 Å². The molecule has 0 unspecified atom stereocenters. The molecule has 0 aliphatic heterocycles. The lowest BCUT2D eigenvalue weighted by atomic mass is 10.1. The molecule has 1 aromatic carbocycles. The summed E-state index contributed by atoms with van der Waals surface area (Å²) in [5.41, 5.74) is 2.54. The molecule has 0 spiro atoms. The fourth-order valence-corrected chi connectivity index (χ4v) is 2.38. The third-order valence-corrected chi connectivity index (χ3v) is 3.74. The molecule has 2 aromatic heterocycles. The van der Waals surface area contributed by atoms with Gasteiger partial charge in [0.25, 0.3) is 0 Å². The van der Waals surface area contributed by atoms with Crippen LogP contribution in [0.1, 0.15) is 5.56 Å². The minimum Gasteiger partial charge on any atom is -0.461 e. The van der Waals surface area contributed by atoms with Crippen LogP contribution in [0.15, 0.2) is 51.3 Å². The first-order valence-corrected chi connectivity index (χ1v) is 7.61. The average molecular weight is 394 g/mol. The minimum absolute atomic E-state index is 0.524. The van der Waals surface area contributed by atoms with E-state index in [9.17, 15) is 0 Å². The van der Waals surface area contributed by atoms with Crippen molar-refractivity contribution in [3.63, 3.8) is 0 Å². The summed E-state index contributed by atoms with van der Waals surface area (Å²) in [6.07, 6.45) is 1.59. The topological polar surface area (TPSA) is 105 Å². The molecule has 0 amide bonds. The van der Waals surface area contributed by atoms with E-state index in [0.29, 0.717) is 23.1 Å². The highest BCUT2D eigenvalue weighted by Gasteiger charge is 2.13. The van der Waals surface area contributed by atoms with Crippen LogP contribution < -0.4 is 5.84 Å². The number of rotatable bonds is 4. The first-order valence-electron chi connectivity index (χ1n) is 6.08. The zero-order valence-corrected chi connectivity index (χ0v) is 13.0. The molecule has 3 aromatic rings. The Bertz CT molecular complexity index is 765. The van der Waals surface area contributed by atoms with Gasteiger partial charge in [0, 0.05) is 9.99 Å². The first-order chi connectivity index (χ1) is 10.3. The number of halogens is 1. The van der Waals surface area contributed by atoms with Gasteiger partial charge in [0.15, 0.2) is 17.4 Å². The molecule has 0 saturated carbocycles. The Kier molecular flexibility index (Phi) is 3.95. The van der Waals surface area contributed by atoms with Crippen LogP contribution >= 0.6 is 22.6 Å². The van der Waals surface area contributed by atoms with E-state index in [1.165, 1.54) is 0 Å². The standard InChI is InChI=1S/C13H11IN6O/c14-7-8-3-4-10(17-20-15)9(6-8)12-16-13(19-18-12)11-2-1-5-21-11/h1-6H,7H2,(H2,15,17)(H,16,18,19). The van der Waals surface area contributed by atoms with E-state index in [-0.39, 0.29) is 0 Å². The molecule has 0 aliphatic rings. The van der Waals surface area contributed by atoms with E-state index in [1.807, 2.05) is 24.3 Å². The number of nitrogens with zero attached hydrogens (tertiary/aromatic N) is 4. The summed E-state index contributed by atoms with van der Waals surface area (Å²) in [7, 11) is 0. The molecule has 2 heterocycles. The van der Waals surface area contributed by atoms with Crippen molar-refractivity contribution in [2.24, 2.45) is 16.2 Å². The molecule has 8 heteroatoms. The number of hydrogen-bond donors (Lipinski definition) is 2. The number of aromatic amines is 1. The smallest absolute Gasteiger partial charge is 0.192 e. The van der Waals surface area contributed by atoms with Gasteiger partial charge in [0.1, 0.15) is 0 Å². The number of aromatic nitrogens is 3. The van der Waals surface area contributed by atoms with Gasteiger partial charge in [-0.05, 0) is 29.8 Å². The highest BCUT2D eigenvalue weighted by molar-refractivity contribution is 14.1. The van der Waals surface area contributed by atoms with Gasteiger partial charge in [-0.15, -0.1) is 5.11 Å². The number of nitrogens with one attached hydrogen (secondary N) is 1. The van der Waals surface area contributed by atoms with Crippen molar-refractivity contribution in [1.82, 2.24) is 15.2 Å². The fourth-order valence-electron chi connectivity index (χ4n) is 1.90. The predicted octanol–water partition coefficient (Wildman–Crippen LogP) is 3.62. The Hall–Kier alpha value is -2.23. The van der Waals surface area contributed by atoms with Crippen LogP contribution in [-0.4, -0.2) is 15.2 Å². The quantitative estimate of drug-likeness (QED) is 0.232. The highest BCUT2D eigenvalue weighted by atomic mass is 127. The molecular formula is C13H11IN6O. The van der Waals surface area contributed by atoms with Crippen LogP contribution in [-0.2, 0) is 4.43 Å². The van der Waals surface area contributed by atoms with Crippen molar-refractivity contribution in [1.29, 1.82) is 0 Å². The summed E-state index contributed by atoms with van der Waals surface area (Å²) in [5, 5.41) is 14.3. The molecule has 0 bridgehead atoms. The van der Waals surface area contributed by atoms with Crippen molar-refractivity contribution in [2.75, 3.05) is 0 Å². The van der Waals surface area contributed by atoms with Crippen LogP contribution in [0.25, 0.3) is 23.0 Å². The van der Waals surface area contributed by atoms with Gasteiger partial charge in [0.2, 0.25) is 0 Å². The van der Waals surface area contributed by atoms with Gasteiger partial charge in [-0.3, -0.25) is 5.10 Å². The molecule has 7 nitrogen and oxygen atoms in total. The summed E-state index contributed by atoms with van der Waals surface area (Å²) in [4.78, 5) is 4.44. The van der Waals surface area contributed by atoms with E-state index in [1.54, 1.807) is 12.3 Å². The molecule has 0 radical (unpaired) electrons. The Morgan fingerprint density at radius 2 is 2.24 bits per heavy atom. The Morgan fingerprint density at radius 1 is 1.33 bits per heavy atom. The van der Waals surface area contributed by atoms with Gasteiger partial charge < -0.3 is 10.3 Å². The van der Waals surface area contributed by atoms with Crippen LogP contribution in [0, 0.1) is 0 Å². The van der Waals surface area contributed by atoms with Crippen LogP contribution in [0.5, 0.6) is 0 Å². The van der Waals surface area contributed by atoms with Crippen molar-refractivity contribution < 1.29 is 4.42 Å². The number of alkyl halides is 1. The minimum atomic E-state index is 0.524. The Labute approximate surface area is 133 Å². The zero-order chi connectivity index (χ0) is 14.7. The molecule has 0 saturated heterocycles. The van der Waals surface area contributed by atoms with E-state index in [0.717, 1.165) is 15.6 Å². The summed E-state index contributed by atoms with van der Waals surface area (Å²) in [6.45, 7) is 0. The largest absolute Gasteiger partial charge is 0.461 e. The van der Waals surface area contributed by atoms with Gasteiger partial charge >= 0.3 is 0 Å². The summed E-state index contributed by atoms with van der Waals surface area (Å²) in [6, 6.07) is 9.41. The molecule has 0 atom stereocenters. The Balaban J connectivity index is 2.07. The second-order valence-electron chi connectivity index (χ2n) is 4.19. The highest BCUT2D eigenvalue weighted by Crippen LogP contribution is 2.31. The number of furan rings is 1. The van der Waals surface area contributed by atoms with Crippen molar-refractivity contribution in [2.45, 2.75) is 4.43 Å². The maximum Gasteiger partial charge on any atom is 0.192 e. The third-order valence-electron chi connectivity index (χ3n) is 2.86. The predicted molar refractivity (Wildman–Crippen MR) is 85.9 cm³/mol. The number of hydrogen-bond acceptors (Lipinski definition) is 5. The zero-order valence-electron chi connectivity index (χ0n) is 10.8. The van der Waals surface area contributed by atoms with Crippen molar-refractivity contribution in [3.05, 3.63) is 42.2 Å². The third kappa shape index (κ3) is 2.79. The number of H-pyrrole nitrogens is 1. The maximum absolute atomic E-state index is 5.29. The van der Waals surface area contributed by atoms with E-state index < -0.39 is 0 Å². The molecule has 3 rings (SSSR count). The summed E-state index contributed by atoms with van der Waals surface area (Å²) < 4.78 is 6.17. The molecule has 21 heavy (non-hydrogen) atoms. The second-order valence-corrected chi connectivity index (χ2v) is 4.95. The van der Waals surface area contributed by atoms with Crippen LogP contribution in [0.2, 0.25) is 0 Å². The maximum atomic E-state index is 5.29. The monoisotopic (exact) mass is 394 g/mol. The normalized spacial score (nSPS) is 11.3. The van der Waals surface area contributed by atoms with Crippen LogP contribution in [0.4, 0.5) is 5.69 Å². The molecule has 106 valence electrons. The summed E-state index contributed by atoms with van der Waals surface area (Å²) in [5.74, 6) is 6.86. The molecule has 0 fully saturated rings. The van der Waals surface area contributed by atoms with Crippen molar-refractivity contribution >= 4 is 28.3 Å². The van der Waals surface area contributed by atoms with Gasteiger partial charge in [-0.25, -0.2) is 4.98 Å². The fraction of sp³-hybridized carbons (Fsp3) is 0.0769. The van der Waals surface area contributed by atoms with E-state index in [2.05, 4.69) is 48.1 Å². The van der Waals surface area contributed by atoms with Gasteiger partial charge in [-0.2, -0.15) is 5.10 Å². The Morgan fingerprint density at radius 3 is 2.95 bits per heavy atom. The van der Waals surface area contributed by atoms with Crippen LogP contribution in [0.3, 0.4) is 0 Å². The van der Waals surface area contributed by atoms with Gasteiger partial charge in [-0.1, -0.05) is 33.9 Å². The summed E-state index contributed by atoms with van der Waals surface area (Å²) >= 11 is 2.29. The molecule has 3 N–H and O–H groups in total. The van der Waals surface area contributed by atoms with Gasteiger partial charge in [0.05, 0.1) is 12.0 Å². The second kappa shape index (κ2) is 6.04. The lowest BCUT2D eigenvalue weighted by Gasteiger charge is -2.03. The number of benzene rings is 1. The van der Waals surface area contributed by atoms with Crippen molar-refractivity contribution in [3.8, 4) is 23.0 Å². The molecule has 0 aliphatic carbocycles. The SMILES string of the molecule is NN=Nc1ccc(CI)cc1-c1n[nH]c(-c2ccco2)n1. The number of nitrogens with two attached hydrogens (primary N) is 1. The first kappa shape index (κ1) is 13.7. The van der Waals surface area contributed by atoms with E-state index >= 15 is 0 Å². The lowest BCUT2D eigenvalue weighted by molar-refractivity contribution is 0.577. The average Bonchev–Trinajstić information content (AvgIpc) is 3.19.